The van der Waals surface area contributed by atoms with Gasteiger partial charge in [0.15, 0.2) is 0 Å². The second-order valence-corrected chi connectivity index (χ2v) is 6.13. The number of amides is 1. The largest absolute Gasteiger partial charge is 0.493 e. The second kappa shape index (κ2) is 8.03. The van der Waals surface area contributed by atoms with Crippen LogP contribution in [0.1, 0.15) is 40.9 Å². The first-order chi connectivity index (χ1) is 12.2. The molecule has 132 valence electrons. The molecule has 0 radical (unpaired) electrons. The highest BCUT2D eigenvalue weighted by Crippen LogP contribution is 2.30. The zero-order chi connectivity index (χ0) is 17.6. The van der Waals surface area contributed by atoms with E-state index < -0.39 is 0 Å². The summed E-state index contributed by atoms with van der Waals surface area (Å²) in [6.07, 6.45) is 1.89. The van der Waals surface area contributed by atoms with Gasteiger partial charge in [-0.15, -0.1) is 0 Å². The summed E-state index contributed by atoms with van der Waals surface area (Å²) in [5, 5.41) is 15.0. The van der Waals surface area contributed by atoms with Gasteiger partial charge in [0.2, 0.25) is 0 Å². The van der Waals surface area contributed by atoms with Gasteiger partial charge in [0.25, 0.3) is 5.91 Å². The number of hydrogen-bond acceptors (Lipinski definition) is 4. The number of nitrogens with one attached hydrogen (secondary N) is 2. The number of aliphatic hydroxyl groups is 1. The minimum atomic E-state index is -0.180. The summed E-state index contributed by atoms with van der Waals surface area (Å²) in [5.41, 5.74) is 3.97. The molecule has 1 amide bonds. The summed E-state index contributed by atoms with van der Waals surface area (Å²) >= 11 is 0. The third-order valence-corrected chi connectivity index (χ3v) is 4.39. The molecule has 0 aliphatic carbocycles. The van der Waals surface area contributed by atoms with Crippen molar-refractivity contribution in [2.24, 2.45) is 0 Å². The van der Waals surface area contributed by atoms with Crippen LogP contribution in [-0.4, -0.2) is 30.8 Å². The summed E-state index contributed by atoms with van der Waals surface area (Å²) in [6, 6.07) is 13.9. The summed E-state index contributed by atoms with van der Waals surface area (Å²) in [4.78, 5) is 12.0. The molecule has 2 aromatic rings. The average Bonchev–Trinajstić information content (AvgIpc) is 3.12. The van der Waals surface area contributed by atoms with E-state index in [2.05, 4.69) is 29.7 Å². The number of fused-ring (bicyclic) bond motifs is 1. The Morgan fingerprint density at radius 2 is 2.16 bits per heavy atom. The predicted molar refractivity (Wildman–Crippen MR) is 98.2 cm³/mol. The van der Waals surface area contributed by atoms with Crippen LogP contribution in [-0.2, 0) is 6.42 Å². The van der Waals surface area contributed by atoms with Gasteiger partial charge in [-0.05, 0) is 47.9 Å². The first-order valence-corrected chi connectivity index (χ1v) is 8.72. The lowest BCUT2D eigenvalue weighted by atomic mass is 10.00. The van der Waals surface area contributed by atoms with Crippen LogP contribution >= 0.6 is 0 Å². The van der Waals surface area contributed by atoms with Crippen LogP contribution in [0.2, 0.25) is 0 Å². The van der Waals surface area contributed by atoms with Crippen molar-refractivity contribution in [1.82, 2.24) is 5.32 Å². The number of carbonyl (C=O) groups excluding carboxylic acids is 1. The average molecular weight is 340 g/mol. The van der Waals surface area contributed by atoms with Crippen molar-refractivity contribution in [1.29, 1.82) is 0 Å². The van der Waals surface area contributed by atoms with Crippen molar-refractivity contribution >= 4 is 11.6 Å². The van der Waals surface area contributed by atoms with E-state index in [1.54, 1.807) is 6.07 Å². The highest BCUT2D eigenvalue weighted by atomic mass is 16.5. The normalized spacial score (nSPS) is 13.7. The van der Waals surface area contributed by atoms with Crippen molar-refractivity contribution in [2.45, 2.75) is 25.8 Å². The highest BCUT2D eigenvalue weighted by Gasteiger charge is 2.16. The third kappa shape index (κ3) is 4.12. The van der Waals surface area contributed by atoms with Crippen LogP contribution in [0, 0.1) is 0 Å². The molecule has 0 saturated carbocycles. The lowest BCUT2D eigenvalue weighted by molar-refractivity contribution is 0.0945. The van der Waals surface area contributed by atoms with E-state index in [4.69, 9.17) is 9.84 Å². The molecule has 1 heterocycles. The molecule has 0 fully saturated rings. The fourth-order valence-electron chi connectivity index (χ4n) is 3.07. The Labute approximate surface area is 148 Å². The smallest absolute Gasteiger partial charge is 0.251 e. The molecule has 2 aromatic carbocycles. The van der Waals surface area contributed by atoms with Crippen LogP contribution in [0.5, 0.6) is 5.75 Å². The van der Waals surface area contributed by atoms with Crippen molar-refractivity contribution in [3.05, 3.63) is 59.2 Å². The van der Waals surface area contributed by atoms with Gasteiger partial charge < -0.3 is 20.5 Å². The standard InChI is InChI=1S/C20H24N2O3/c1-2-18(14-6-7-19-15(12-14)8-11-25-19)22-17-5-3-4-16(13-17)20(24)21-9-10-23/h3-7,12-13,18,22-23H,2,8-11H2,1H3,(H,21,24). The number of aliphatic hydroxyl groups excluding tert-OH is 1. The number of benzene rings is 2. The topological polar surface area (TPSA) is 70.6 Å². The van der Waals surface area contributed by atoms with Gasteiger partial charge in [-0.2, -0.15) is 0 Å². The van der Waals surface area contributed by atoms with Gasteiger partial charge in [0.05, 0.1) is 19.3 Å². The lowest BCUT2D eigenvalue weighted by Gasteiger charge is -2.20. The number of hydrogen-bond donors (Lipinski definition) is 3. The Morgan fingerprint density at radius 1 is 1.28 bits per heavy atom. The first-order valence-electron chi connectivity index (χ1n) is 8.72. The quantitative estimate of drug-likeness (QED) is 0.725. The Hall–Kier alpha value is -2.53. The molecule has 0 spiro atoms. The van der Waals surface area contributed by atoms with Gasteiger partial charge in [0.1, 0.15) is 5.75 Å². The van der Waals surface area contributed by atoms with Crippen molar-refractivity contribution in [2.75, 3.05) is 25.1 Å². The van der Waals surface area contributed by atoms with Crippen LogP contribution in [0.15, 0.2) is 42.5 Å². The van der Waals surface area contributed by atoms with Gasteiger partial charge >= 0.3 is 0 Å². The lowest BCUT2D eigenvalue weighted by Crippen LogP contribution is -2.26. The van der Waals surface area contributed by atoms with Crippen molar-refractivity contribution in [3.8, 4) is 5.75 Å². The monoisotopic (exact) mass is 340 g/mol. The maximum absolute atomic E-state index is 12.0. The minimum absolute atomic E-state index is 0.0658. The Balaban J connectivity index is 1.74. The predicted octanol–water partition coefficient (Wildman–Crippen LogP) is 2.91. The van der Waals surface area contributed by atoms with E-state index >= 15 is 0 Å². The minimum Gasteiger partial charge on any atom is -0.493 e. The molecular formula is C20H24N2O3. The molecule has 5 heteroatoms. The zero-order valence-corrected chi connectivity index (χ0v) is 14.4. The van der Waals surface area contributed by atoms with E-state index in [0.717, 1.165) is 30.9 Å². The summed E-state index contributed by atoms with van der Waals surface area (Å²) in [7, 11) is 0. The van der Waals surface area contributed by atoms with E-state index in [9.17, 15) is 4.79 Å². The summed E-state index contributed by atoms with van der Waals surface area (Å²) < 4.78 is 5.58. The fraction of sp³-hybridized carbons (Fsp3) is 0.350. The molecule has 1 aliphatic rings. The van der Waals surface area contributed by atoms with Gasteiger partial charge in [-0.3, -0.25) is 4.79 Å². The van der Waals surface area contributed by atoms with Gasteiger partial charge in [-0.25, -0.2) is 0 Å². The van der Waals surface area contributed by atoms with Crippen molar-refractivity contribution < 1.29 is 14.6 Å². The van der Waals surface area contributed by atoms with Crippen LogP contribution in [0.3, 0.4) is 0 Å². The molecule has 1 aliphatic heterocycles. The number of ether oxygens (including phenoxy) is 1. The molecule has 3 N–H and O–H groups in total. The molecule has 0 saturated heterocycles. The van der Waals surface area contributed by atoms with Crippen LogP contribution in [0.4, 0.5) is 5.69 Å². The van der Waals surface area contributed by atoms with E-state index in [-0.39, 0.29) is 25.1 Å². The molecule has 0 aromatic heterocycles. The fourth-order valence-corrected chi connectivity index (χ4v) is 3.07. The summed E-state index contributed by atoms with van der Waals surface area (Å²) in [6.45, 7) is 3.09. The molecule has 5 nitrogen and oxygen atoms in total. The summed E-state index contributed by atoms with van der Waals surface area (Å²) in [5.74, 6) is 0.807. The highest BCUT2D eigenvalue weighted by molar-refractivity contribution is 5.95. The Kier molecular flexibility index (Phi) is 5.56. The third-order valence-electron chi connectivity index (χ3n) is 4.39. The van der Waals surface area contributed by atoms with Crippen LogP contribution in [0.25, 0.3) is 0 Å². The maximum atomic E-state index is 12.0. The molecule has 1 unspecified atom stereocenters. The van der Waals surface area contributed by atoms with E-state index in [1.807, 2.05) is 24.3 Å². The molecular weight excluding hydrogens is 316 g/mol. The Morgan fingerprint density at radius 3 is 2.96 bits per heavy atom. The molecule has 3 rings (SSSR count). The first kappa shape index (κ1) is 17.3. The maximum Gasteiger partial charge on any atom is 0.251 e. The van der Waals surface area contributed by atoms with Gasteiger partial charge in [0, 0.05) is 24.2 Å². The van der Waals surface area contributed by atoms with E-state index in [1.165, 1.54) is 11.1 Å². The van der Waals surface area contributed by atoms with Crippen LogP contribution < -0.4 is 15.4 Å². The number of carbonyl (C=O) groups is 1. The molecule has 0 bridgehead atoms. The zero-order valence-electron chi connectivity index (χ0n) is 14.4. The molecule has 1 atom stereocenters. The Bertz CT molecular complexity index is 745. The number of anilines is 1. The SMILES string of the molecule is CCC(Nc1cccc(C(=O)NCCO)c1)c1ccc2c(c1)CCO2. The van der Waals surface area contributed by atoms with Gasteiger partial charge in [-0.1, -0.05) is 19.1 Å². The molecule has 25 heavy (non-hydrogen) atoms. The van der Waals surface area contributed by atoms with E-state index in [0.29, 0.717) is 5.56 Å². The van der Waals surface area contributed by atoms with Crippen molar-refractivity contribution in [3.63, 3.8) is 0 Å². The number of rotatable bonds is 7. The second-order valence-electron chi connectivity index (χ2n) is 6.13.